The van der Waals surface area contributed by atoms with Gasteiger partial charge in [0.1, 0.15) is 0 Å². The highest BCUT2D eigenvalue weighted by Gasteiger charge is 2.23. The first-order valence-corrected chi connectivity index (χ1v) is 8.50. The standard InChI is InChI=1S/C18H27N3O5/c1-21(11-17(23)20-13-5-6-13)10-16(22)19-9-12-7-14(24-2)18(26-4)15(8-12)25-3/h7-8,13H,5-6,9-11H2,1-4H3,(H,19,22)(H,20,23). The molecule has 8 nitrogen and oxygen atoms in total. The molecule has 0 atom stereocenters. The van der Waals surface area contributed by atoms with Crippen LogP contribution in [0.25, 0.3) is 0 Å². The molecule has 144 valence electrons. The number of ether oxygens (including phenoxy) is 3. The van der Waals surface area contributed by atoms with Crippen LogP contribution in [0.2, 0.25) is 0 Å². The maximum Gasteiger partial charge on any atom is 0.234 e. The van der Waals surface area contributed by atoms with E-state index in [1.165, 1.54) is 7.11 Å². The number of hydrogen-bond acceptors (Lipinski definition) is 6. The Kier molecular flexibility index (Phi) is 7.08. The first-order chi connectivity index (χ1) is 12.5. The van der Waals surface area contributed by atoms with Gasteiger partial charge in [-0.15, -0.1) is 0 Å². The summed E-state index contributed by atoms with van der Waals surface area (Å²) in [4.78, 5) is 25.5. The summed E-state index contributed by atoms with van der Waals surface area (Å²) in [6.45, 7) is 0.661. The summed E-state index contributed by atoms with van der Waals surface area (Å²) in [7, 11) is 6.37. The molecule has 1 saturated carbocycles. The van der Waals surface area contributed by atoms with Crippen LogP contribution in [0, 0.1) is 0 Å². The normalized spacial score (nSPS) is 13.3. The third kappa shape index (κ3) is 5.80. The number of benzene rings is 1. The zero-order chi connectivity index (χ0) is 19.1. The van der Waals surface area contributed by atoms with Crippen LogP contribution in [0.15, 0.2) is 12.1 Å². The number of hydrogen-bond donors (Lipinski definition) is 2. The third-order valence-electron chi connectivity index (χ3n) is 3.98. The Morgan fingerprint density at radius 2 is 1.62 bits per heavy atom. The number of nitrogens with one attached hydrogen (secondary N) is 2. The summed E-state index contributed by atoms with van der Waals surface area (Å²) in [5.41, 5.74) is 0.821. The topological polar surface area (TPSA) is 89.1 Å². The van der Waals surface area contributed by atoms with Gasteiger partial charge >= 0.3 is 0 Å². The Labute approximate surface area is 153 Å². The second-order valence-electron chi connectivity index (χ2n) is 6.32. The molecule has 8 heteroatoms. The largest absolute Gasteiger partial charge is 0.493 e. The highest BCUT2D eigenvalue weighted by Crippen LogP contribution is 2.38. The Bertz CT molecular complexity index is 621. The molecular weight excluding hydrogens is 338 g/mol. The van der Waals surface area contributed by atoms with Crippen molar-refractivity contribution in [3.63, 3.8) is 0 Å². The number of nitrogens with zero attached hydrogens (tertiary/aromatic N) is 1. The molecule has 1 aliphatic carbocycles. The van der Waals surface area contributed by atoms with E-state index in [0.717, 1.165) is 18.4 Å². The van der Waals surface area contributed by atoms with Crippen LogP contribution in [0.3, 0.4) is 0 Å². The fourth-order valence-corrected chi connectivity index (χ4v) is 2.54. The molecule has 2 rings (SSSR count). The molecular formula is C18H27N3O5. The van der Waals surface area contributed by atoms with Gasteiger partial charge in [0.2, 0.25) is 17.6 Å². The highest BCUT2D eigenvalue weighted by atomic mass is 16.5. The summed E-state index contributed by atoms with van der Waals surface area (Å²) < 4.78 is 15.9. The molecule has 1 fully saturated rings. The minimum absolute atomic E-state index is 0.0487. The number of likely N-dealkylation sites (N-methyl/N-ethyl adjacent to an activating group) is 1. The van der Waals surface area contributed by atoms with E-state index in [-0.39, 0.29) is 24.9 Å². The second kappa shape index (κ2) is 9.28. The van der Waals surface area contributed by atoms with E-state index < -0.39 is 0 Å². The van der Waals surface area contributed by atoms with Gasteiger partial charge in [-0.2, -0.15) is 0 Å². The third-order valence-corrected chi connectivity index (χ3v) is 3.98. The van der Waals surface area contributed by atoms with Gasteiger partial charge in [0.15, 0.2) is 11.5 Å². The lowest BCUT2D eigenvalue weighted by Gasteiger charge is -2.17. The molecule has 0 heterocycles. The lowest BCUT2D eigenvalue weighted by Crippen LogP contribution is -2.41. The fraction of sp³-hybridized carbons (Fsp3) is 0.556. The monoisotopic (exact) mass is 365 g/mol. The van der Waals surface area contributed by atoms with Crippen LogP contribution in [0.1, 0.15) is 18.4 Å². The maximum absolute atomic E-state index is 12.1. The Balaban J connectivity index is 1.85. The molecule has 0 unspecified atom stereocenters. The van der Waals surface area contributed by atoms with Crippen molar-refractivity contribution in [1.29, 1.82) is 0 Å². The van der Waals surface area contributed by atoms with E-state index in [2.05, 4.69) is 10.6 Å². The molecule has 0 aromatic heterocycles. The zero-order valence-electron chi connectivity index (χ0n) is 15.8. The lowest BCUT2D eigenvalue weighted by atomic mass is 10.1. The molecule has 1 aromatic rings. The highest BCUT2D eigenvalue weighted by molar-refractivity contribution is 5.81. The minimum atomic E-state index is -0.166. The second-order valence-corrected chi connectivity index (χ2v) is 6.32. The maximum atomic E-state index is 12.1. The van der Waals surface area contributed by atoms with Crippen LogP contribution in [-0.2, 0) is 16.1 Å². The summed E-state index contributed by atoms with van der Waals surface area (Å²) in [6.07, 6.45) is 2.09. The van der Waals surface area contributed by atoms with Crippen molar-refractivity contribution in [1.82, 2.24) is 15.5 Å². The number of carbonyl (C=O) groups excluding carboxylic acids is 2. The lowest BCUT2D eigenvalue weighted by molar-refractivity contribution is -0.124. The molecule has 0 spiro atoms. The summed E-state index contributed by atoms with van der Waals surface area (Å²) >= 11 is 0. The fourth-order valence-electron chi connectivity index (χ4n) is 2.54. The van der Waals surface area contributed by atoms with Gasteiger partial charge in [0.25, 0.3) is 0 Å². The Morgan fingerprint density at radius 1 is 1.04 bits per heavy atom. The van der Waals surface area contributed by atoms with Gasteiger partial charge in [0.05, 0.1) is 34.4 Å². The number of methoxy groups -OCH3 is 3. The molecule has 0 bridgehead atoms. The van der Waals surface area contributed by atoms with Crippen LogP contribution in [0.5, 0.6) is 17.2 Å². The SMILES string of the molecule is COc1cc(CNC(=O)CN(C)CC(=O)NC2CC2)cc(OC)c1OC. The van der Waals surface area contributed by atoms with Crippen molar-refractivity contribution in [2.75, 3.05) is 41.5 Å². The van der Waals surface area contributed by atoms with Crippen molar-refractivity contribution in [2.45, 2.75) is 25.4 Å². The van der Waals surface area contributed by atoms with Crippen molar-refractivity contribution in [3.05, 3.63) is 17.7 Å². The Morgan fingerprint density at radius 3 is 2.12 bits per heavy atom. The summed E-state index contributed by atoms with van der Waals surface area (Å²) in [5, 5.41) is 5.73. The zero-order valence-corrected chi connectivity index (χ0v) is 15.8. The average molecular weight is 365 g/mol. The van der Waals surface area contributed by atoms with Crippen molar-refractivity contribution >= 4 is 11.8 Å². The molecule has 2 amide bonds. The van der Waals surface area contributed by atoms with Crippen LogP contribution >= 0.6 is 0 Å². The van der Waals surface area contributed by atoms with Gasteiger partial charge in [-0.1, -0.05) is 0 Å². The van der Waals surface area contributed by atoms with E-state index in [0.29, 0.717) is 29.8 Å². The molecule has 1 aliphatic rings. The molecule has 0 radical (unpaired) electrons. The van der Waals surface area contributed by atoms with Gasteiger partial charge in [0, 0.05) is 12.6 Å². The van der Waals surface area contributed by atoms with Crippen molar-refractivity contribution < 1.29 is 23.8 Å². The van der Waals surface area contributed by atoms with Crippen LogP contribution < -0.4 is 24.8 Å². The quantitative estimate of drug-likeness (QED) is 0.629. The van der Waals surface area contributed by atoms with E-state index in [1.54, 1.807) is 38.3 Å². The molecule has 1 aromatic carbocycles. The first kappa shape index (κ1) is 19.8. The number of amides is 2. The smallest absolute Gasteiger partial charge is 0.234 e. The van der Waals surface area contributed by atoms with Crippen LogP contribution in [-0.4, -0.2) is 64.2 Å². The Hall–Kier alpha value is -2.48. The van der Waals surface area contributed by atoms with Crippen LogP contribution in [0.4, 0.5) is 0 Å². The molecule has 0 aliphatic heterocycles. The predicted octanol–water partition coefficient (Wildman–Crippen LogP) is 0.539. The van der Waals surface area contributed by atoms with Gasteiger partial charge in [-0.3, -0.25) is 14.5 Å². The van der Waals surface area contributed by atoms with Gasteiger partial charge in [-0.25, -0.2) is 0 Å². The van der Waals surface area contributed by atoms with Crippen molar-refractivity contribution in [2.24, 2.45) is 0 Å². The van der Waals surface area contributed by atoms with E-state index in [4.69, 9.17) is 14.2 Å². The van der Waals surface area contributed by atoms with E-state index in [1.807, 2.05) is 0 Å². The number of rotatable bonds is 10. The summed E-state index contributed by atoms with van der Waals surface area (Å²) in [5.74, 6) is 1.36. The van der Waals surface area contributed by atoms with E-state index >= 15 is 0 Å². The molecule has 26 heavy (non-hydrogen) atoms. The van der Waals surface area contributed by atoms with Gasteiger partial charge in [-0.05, 0) is 37.6 Å². The molecule has 0 saturated heterocycles. The van der Waals surface area contributed by atoms with E-state index in [9.17, 15) is 9.59 Å². The minimum Gasteiger partial charge on any atom is -0.493 e. The summed E-state index contributed by atoms with van der Waals surface area (Å²) in [6, 6.07) is 3.90. The first-order valence-electron chi connectivity index (χ1n) is 8.50. The average Bonchev–Trinajstić information content (AvgIpc) is 3.42. The number of carbonyl (C=O) groups is 2. The predicted molar refractivity (Wildman–Crippen MR) is 96.6 cm³/mol. The van der Waals surface area contributed by atoms with Crippen molar-refractivity contribution in [3.8, 4) is 17.2 Å². The van der Waals surface area contributed by atoms with Gasteiger partial charge < -0.3 is 24.8 Å². The molecule has 2 N–H and O–H groups in total.